The Labute approximate surface area is 142 Å². The molecule has 24 heavy (non-hydrogen) atoms. The number of carbonyl (C=O) groups is 1. The van der Waals surface area contributed by atoms with E-state index < -0.39 is 0 Å². The molecule has 3 aromatic rings. The van der Waals surface area contributed by atoms with Gasteiger partial charge in [0.15, 0.2) is 0 Å². The normalized spacial score (nSPS) is 17.1. The summed E-state index contributed by atoms with van der Waals surface area (Å²) in [4.78, 5) is 20.9. The molecule has 1 amide bonds. The van der Waals surface area contributed by atoms with Gasteiger partial charge in [-0.15, -0.1) is 11.3 Å². The van der Waals surface area contributed by atoms with Crippen LogP contribution in [0, 0.1) is 0 Å². The van der Waals surface area contributed by atoms with Gasteiger partial charge in [0.1, 0.15) is 22.6 Å². The van der Waals surface area contributed by atoms with Crippen LogP contribution in [0.5, 0.6) is 0 Å². The Morgan fingerprint density at radius 3 is 2.96 bits per heavy atom. The van der Waals surface area contributed by atoms with E-state index in [4.69, 9.17) is 4.74 Å². The average Bonchev–Trinajstić information content (AvgIpc) is 3.36. The molecule has 122 valence electrons. The first-order valence-corrected chi connectivity index (χ1v) is 8.52. The van der Waals surface area contributed by atoms with Gasteiger partial charge in [0.25, 0.3) is 5.91 Å². The Kier molecular flexibility index (Phi) is 4.06. The molecule has 1 saturated heterocycles. The topological polar surface area (TPSA) is 81.9 Å². The highest BCUT2D eigenvalue weighted by atomic mass is 32.1. The first-order valence-electron chi connectivity index (χ1n) is 7.64. The van der Waals surface area contributed by atoms with Crippen LogP contribution >= 0.6 is 11.3 Å². The van der Waals surface area contributed by atoms with Crippen molar-refractivity contribution in [3.63, 3.8) is 0 Å². The van der Waals surface area contributed by atoms with Crippen molar-refractivity contribution in [1.82, 2.24) is 19.7 Å². The number of rotatable bonds is 4. The Hall–Kier alpha value is -2.58. The van der Waals surface area contributed by atoms with Gasteiger partial charge in [0.05, 0.1) is 11.9 Å². The van der Waals surface area contributed by atoms with Crippen LogP contribution in [0.2, 0.25) is 0 Å². The number of anilines is 1. The zero-order valence-corrected chi connectivity index (χ0v) is 13.6. The van der Waals surface area contributed by atoms with E-state index in [9.17, 15) is 4.79 Å². The largest absolute Gasteiger partial charge is 0.371 e. The van der Waals surface area contributed by atoms with E-state index in [1.54, 1.807) is 34.7 Å². The Bertz CT molecular complexity index is 839. The number of carbonyl (C=O) groups excluding carboxylic acids is 1. The molecule has 8 heteroatoms. The molecule has 0 aliphatic carbocycles. The van der Waals surface area contributed by atoms with E-state index in [1.807, 2.05) is 12.1 Å². The molecule has 0 bridgehead atoms. The lowest BCUT2D eigenvalue weighted by molar-refractivity contribution is 0.101. The third-order valence-corrected chi connectivity index (χ3v) is 4.69. The van der Waals surface area contributed by atoms with Crippen molar-refractivity contribution in [3.8, 4) is 5.69 Å². The van der Waals surface area contributed by atoms with Crippen molar-refractivity contribution < 1.29 is 9.53 Å². The molecule has 1 aliphatic heterocycles. The molecule has 0 saturated carbocycles. The average molecular weight is 341 g/mol. The van der Waals surface area contributed by atoms with Crippen molar-refractivity contribution in [3.05, 3.63) is 52.9 Å². The Morgan fingerprint density at radius 2 is 2.17 bits per heavy atom. The molecule has 4 rings (SSSR count). The third-order valence-electron chi connectivity index (χ3n) is 3.75. The van der Waals surface area contributed by atoms with Crippen molar-refractivity contribution in [2.75, 3.05) is 11.9 Å². The summed E-state index contributed by atoms with van der Waals surface area (Å²) in [6, 6.07) is 5.38. The fourth-order valence-corrected chi connectivity index (χ4v) is 3.46. The Balaban J connectivity index is 1.52. The van der Waals surface area contributed by atoms with Gasteiger partial charge in [-0.25, -0.2) is 9.67 Å². The number of hydrogen-bond acceptors (Lipinski definition) is 6. The smallest absolute Gasteiger partial charge is 0.276 e. The zero-order valence-electron chi connectivity index (χ0n) is 12.8. The van der Waals surface area contributed by atoms with Crippen LogP contribution < -0.4 is 5.32 Å². The quantitative estimate of drug-likeness (QED) is 0.789. The molecule has 1 N–H and O–H groups in total. The number of thiazole rings is 1. The fourth-order valence-electron chi connectivity index (χ4n) is 2.58. The number of hydrogen-bond donors (Lipinski definition) is 1. The van der Waals surface area contributed by atoms with Gasteiger partial charge in [0.2, 0.25) is 0 Å². The summed E-state index contributed by atoms with van der Waals surface area (Å²) in [6.07, 6.45) is 7.02. The molecular formula is C16H15N5O2S. The molecule has 1 fully saturated rings. The number of ether oxygens (including phenoxy) is 1. The van der Waals surface area contributed by atoms with Crippen molar-refractivity contribution >= 4 is 23.1 Å². The maximum absolute atomic E-state index is 12.5. The fraction of sp³-hybridized carbons (Fsp3) is 0.250. The van der Waals surface area contributed by atoms with Gasteiger partial charge in [0, 0.05) is 30.4 Å². The highest BCUT2D eigenvalue weighted by molar-refractivity contribution is 7.09. The summed E-state index contributed by atoms with van der Waals surface area (Å²) in [7, 11) is 0. The Morgan fingerprint density at radius 1 is 1.29 bits per heavy atom. The summed E-state index contributed by atoms with van der Waals surface area (Å²) in [5.74, 6) is 0.323. The molecule has 0 radical (unpaired) electrons. The summed E-state index contributed by atoms with van der Waals surface area (Å²) in [5, 5.41) is 9.72. The molecular weight excluding hydrogens is 326 g/mol. The number of nitrogens with one attached hydrogen (secondary N) is 1. The lowest BCUT2D eigenvalue weighted by Crippen LogP contribution is -2.15. The van der Waals surface area contributed by atoms with Gasteiger partial charge in [-0.1, -0.05) is 0 Å². The van der Waals surface area contributed by atoms with Gasteiger partial charge in [-0.2, -0.15) is 5.10 Å². The standard InChI is InChI=1S/C16H15N5O2S/c22-15(12-10-24-16(19-12)13-2-1-9-23-13)20-14-5-8-18-21(14)11-3-6-17-7-4-11/h3-8,10,13H,1-2,9H2,(H,20,22)/t13-/m1/s1. The molecule has 1 atom stereocenters. The molecule has 0 unspecified atom stereocenters. The van der Waals surface area contributed by atoms with E-state index in [1.165, 1.54) is 11.3 Å². The molecule has 1 aliphatic rings. The molecule has 4 heterocycles. The summed E-state index contributed by atoms with van der Waals surface area (Å²) in [6.45, 7) is 0.761. The highest BCUT2D eigenvalue weighted by Gasteiger charge is 2.22. The van der Waals surface area contributed by atoms with Crippen LogP contribution in [0.15, 0.2) is 42.2 Å². The summed E-state index contributed by atoms with van der Waals surface area (Å²) >= 11 is 1.46. The van der Waals surface area contributed by atoms with Gasteiger partial charge in [-0.3, -0.25) is 9.78 Å². The van der Waals surface area contributed by atoms with Crippen LogP contribution in [0.25, 0.3) is 5.69 Å². The maximum Gasteiger partial charge on any atom is 0.276 e. The van der Waals surface area contributed by atoms with E-state index in [2.05, 4.69) is 20.4 Å². The lowest BCUT2D eigenvalue weighted by atomic mass is 10.2. The SMILES string of the molecule is O=C(Nc1ccnn1-c1ccncc1)c1csc([C@H]2CCCO2)n1. The second kappa shape index (κ2) is 6.50. The van der Waals surface area contributed by atoms with Crippen LogP contribution in [0.1, 0.15) is 34.4 Å². The van der Waals surface area contributed by atoms with Crippen LogP contribution in [-0.4, -0.2) is 32.3 Å². The highest BCUT2D eigenvalue weighted by Crippen LogP contribution is 2.30. The zero-order chi connectivity index (χ0) is 16.4. The minimum Gasteiger partial charge on any atom is -0.371 e. The molecule has 3 aromatic heterocycles. The number of amides is 1. The van der Waals surface area contributed by atoms with Crippen LogP contribution in [0.3, 0.4) is 0 Å². The van der Waals surface area contributed by atoms with Crippen LogP contribution in [-0.2, 0) is 4.74 Å². The number of nitrogens with zero attached hydrogens (tertiary/aromatic N) is 4. The monoisotopic (exact) mass is 341 g/mol. The van der Waals surface area contributed by atoms with Crippen LogP contribution in [0.4, 0.5) is 5.82 Å². The second-order valence-corrected chi connectivity index (χ2v) is 6.25. The van der Waals surface area contributed by atoms with Gasteiger partial charge >= 0.3 is 0 Å². The minimum atomic E-state index is -0.258. The first-order chi connectivity index (χ1) is 11.8. The van der Waals surface area contributed by atoms with E-state index in [-0.39, 0.29) is 12.0 Å². The predicted octanol–water partition coefficient (Wildman–Crippen LogP) is 2.83. The molecule has 0 spiro atoms. The molecule has 0 aromatic carbocycles. The number of pyridine rings is 1. The van der Waals surface area contributed by atoms with E-state index in [0.29, 0.717) is 11.5 Å². The minimum absolute atomic E-state index is 0.0268. The van der Waals surface area contributed by atoms with Crippen molar-refractivity contribution in [1.29, 1.82) is 0 Å². The third kappa shape index (κ3) is 2.93. The summed E-state index contributed by atoms with van der Waals surface area (Å²) in [5.41, 5.74) is 1.22. The van der Waals surface area contributed by atoms with Crippen molar-refractivity contribution in [2.45, 2.75) is 18.9 Å². The van der Waals surface area contributed by atoms with E-state index in [0.717, 1.165) is 30.1 Å². The van der Waals surface area contributed by atoms with E-state index >= 15 is 0 Å². The van der Waals surface area contributed by atoms with Gasteiger partial charge in [-0.05, 0) is 25.0 Å². The summed E-state index contributed by atoms with van der Waals surface area (Å²) < 4.78 is 7.26. The lowest BCUT2D eigenvalue weighted by Gasteiger charge is -2.07. The maximum atomic E-state index is 12.5. The first kappa shape index (κ1) is 15.0. The van der Waals surface area contributed by atoms with Gasteiger partial charge < -0.3 is 10.1 Å². The predicted molar refractivity (Wildman–Crippen MR) is 89.4 cm³/mol. The number of aromatic nitrogens is 4. The molecule has 7 nitrogen and oxygen atoms in total. The second-order valence-electron chi connectivity index (χ2n) is 5.36. The van der Waals surface area contributed by atoms with Crippen molar-refractivity contribution in [2.24, 2.45) is 0 Å².